The number of nitrogens with two attached hydrogens (primary N) is 1. The van der Waals surface area contributed by atoms with E-state index in [4.69, 9.17) is 17.3 Å². The number of nitrogen functional groups attached to an aromatic ring is 1. The minimum atomic E-state index is -0.941. The molecule has 3 rings (SSSR count). The van der Waals surface area contributed by atoms with Crippen LogP contribution in [-0.4, -0.2) is 9.97 Å². The maximum atomic E-state index is 13.1. The van der Waals surface area contributed by atoms with Crippen molar-refractivity contribution in [3.63, 3.8) is 0 Å². The van der Waals surface area contributed by atoms with E-state index in [0.717, 1.165) is 12.1 Å². The molecule has 3 N–H and O–H groups in total. The van der Waals surface area contributed by atoms with E-state index in [2.05, 4.69) is 9.97 Å². The van der Waals surface area contributed by atoms with Crippen LogP contribution in [0.1, 0.15) is 0 Å². The molecule has 1 aromatic heterocycles. The number of rotatable bonds is 1. The molecule has 0 saturated carbocycles. The van der Waals surface area contributed by atoms with Crippen LogP contribution >= 0.6 is 11.6 Å². The lowest BCUT2D eigenvalue weighted by Crippen LogP contribution is -1.87. The zero-order chi connectivity index (χ0) is 13.6. The number of nitrogens with zero attached hydrogens (tertiary/aromatic N) is 1. The number of anilines is 1. The molecule has 1 heterocycles. The second-order valence-corrected chi connectivity index (χ2v) is 4.52. The number of hydrogen-bond donors (Lipinski definition) is 2. The minimum Gasteiger partial charge on any atom is -0.399 e. The topological polar surface area (TPSA) is 54.7 Å². The van der Waals surface area contributed by atoms with Crippen molar-refractivity contribution in [1.29, 1.82) is 0 Å². The molecule has 0 saturated heterocycles. The Morgan fingerprint density at radius 3 is 2.63 bits per heavy atom. The molecule has 0 aliphatic rings. The number of nitrogens with one attached hydrogen (secondary N) is 1. The summed E-state index contributed by atoms with van der Waals surface area (Å²) in [6, 6.07) is 7.04. The van der Waals surface area contributed by atoms with E-state index in [1.165, 1.54) is 0 Å². The van der Waals surface area contributed by atoms with Crippen LogP contribution in [-0.2, 0) is 0 Å². The highest BCUT2D eigenvalue weighted by Crippen LogP contribution is 2.29. The number of H-pyrrole nitrogens is 1. The van der Waals surface area contributed by atoms with E-state index in [0.29, 0.717) is 33.1 Å². The smallest absolute Gasteiger partial charge is 0.161 e. The Bertz CT molecular complexity index is 744. The van der Waals surface area contributed by atoms with Crippen molar-refractivity contribution >= 4 is 28.3 Å². The van der Waals surface area contributed by atoms with Crippen LogP contribution in [0.4, 0.5) is 14.5 Å². The molecular weight excluding hydrogens is 272 g/mol. The fourth-order valence-electron chi connectivity index (χ4n) is 1.86. The summed E-state index contributed by atoms with van der Waals surface area (Å²) in [7, 11) is 0. The van der Waals surface area contributed by atoms with Gasteiger partial charge in [0.2, 0.25) is 0 Å². The molecule has 0 fully saturated rings. The van der Waals surface area contributed by atoms with Gasteiger partial charge in [0, 0.05) is 23.4 Å². The molecule has 0 radical (unpaired) electrons. The van der Waals surface area contributed by atoms with Crippen molar-refractivity contribution in [3.8, 4) is 11.4 Å². The summed E-state index contributed by atoms with van der Waals surface area (Å²) < 4.78 is 26.3. The first-order valence-corrected chi connectivity index (χ1v) is 5.82. The van der Waals surface area contributed by atoms with Crippen LogP contribution in [0.5, 0.6) is 0 Å². The van der Waals surface area contributed by atoms with Crippen LogP contribution in [0.15, 0.2) is 30.3 Å². The predicted octanol–water partition coefficient (Wildman–Crippen LogP) is 3.74. The largest absolute Gasteiger partial charge is 0.399 e. The van der Waals surface area contributed by atoms with Gasteiger partial charge < -0.3 is 10.7 Å². The fraction of sp³-hybridized carbons (Fsp3) is 0. The number of imidazole rings is 1. The summed E-state index contributed by atoms with van der Waals surface area (Å²) in [4.78, 5) is 7.07. The van der Waals surface area contributed by atoms with Crippen LogP contribution in [0, 0.1) is 11.6 Å². The number of fused-ring (bicyclic) bond motifs is 1. The van der Waals surface area contributed by atoms with Gasteiger partial charge in [0.05, 0.1) is 16.1 Å². The summed E-state index contributed by atoms with van der Waals surface area (Å²) >= 11 is 6.06. The first kappa shape index (κ1) is 11.9. The first-order valence-electron chi connectivity index (χ1n) is 5.45. The third kappa shape index (κ3) is 2.02. The molecule has 0 unspecified atom stereocenters. The van der Waals surface area contributed by atoms with Gasteiger partial charge in [-0.05, 0) is 18.2 Å². The number of halogens is 3. The number of aromatic nitrogens is 2. The lowest BCUT2D eigenvalue weighted by atomic mass is 10.2. The first-order chi connectivity index (χ1) is 9.04. The molecule has 19 heavy (non-hydrogen) atoms. The molecule has 0 aliphatic heterocycles. The van der Waals surface area contributed by atoms with Crippen molar-refractivity contribution in [2.75, 3.05) is 5.73 Å². The Kier molecular flexibility index (Phi) is 2.64. The van der Waals surface area contributed by atoms with Crippen molar-refractivity contribution in [2.45, 2.75) is 0 Å². The second kappa shape index (κ2) is 4.20. The van der Waals surface area contributed by atoms with Gasteiger partial charge in [-0.1, -0.05) is 11.6 Å². The molecule has 0 atom stereocenters. The summed E-state index contributed by atoms with van der Waals surface area (Å²) in [6.07, 6.45) is 0. The van der Waals surface area contributed by atoms with Crippen molar-refractivity contribution in [3.05, 3.63) is 47.0 Å². The van der Waals surface area contributed by atoms with Crippen LogP contribution < -0.4 is 5.73 Å². The molecule has 0 aliphatic carbocycles. The summed E-state index contributed by atoms with van der Waals surface area (Å²) in [5.41, 5.74) is 7.52. The molecule has 0 bridgehead atoms. The monoisotopic (exact) mass is 279 g/mol. The normalized spacial score (nSPS) is 11.1. The van der Waals surface area contributed by atoms with E-state index in [1.54, 1.807) is 18.2 Å². The minimum absolute atomic E-state index is 0.326. The Morgan fingerprint density at radius 2 is 1.84 bits per heavy atom. The Hall–Kier alpha value is -2.14. The summed E-state index contributed by atoms with van der Waals surface area (Å²) in [5.74, 6) is -1.46. The van der Waals surface area contributed by atoms with Gasteiger partial charge >= 0.3 is 0 Å². The van der Waals surface area contributed by atoms with Crippen LogP contribution in [0.3, 0.4) is 0 Å². The van der Waals surface area contributed by atoms with Gasteiger partial charge in [-0.15, -0.1) is 0 Å². The lowest BCUT2D eigenvalue weighted by Gasteiger charge is -2.01. The van der Waals surface area contributed by atoms with E-state index in [-0.39, 0.29) is 0 Å². The average molecular weight is 280 g/mol. The number of benzene rings is 2. The third-order valence-corrected chi connectivity index (χ3v) is 3.10. The van der Waals surface area contributed by atoms with Crippen molar-refractivity contribution in [2.24, 2.45) is 0 Å². The summed E-state index contributed by atoms with van der Waals surface area (Å²) in [6.45, 7) is 0. The Morgan fingerprint density at radius 1 is 1.11 bits per heavy atom. The molecule has 0 amide bonds. The number of aromatic amines is 1. The Balaban J connectivity index is 2.23. The molecule has 96 valence electrons. The van der Waals surface area contributed by atoms with Gasteiger partial charge in [-0.3, -0.25) is 0 Å². The van der Waals surface area contributed by atoms with E-state index in [9.17, 15) is 8.78 Å². The zero-order valence-corrected chi connectivity index (χ0v) is 10.3. The second-order valence-electron chi connectivity index (χ2n) is 4.11. The summed E-state index contributed by atoms with van der Waals surface area (Å²) in [5, 5.41) is 0.453. The molecule has 6 heteroatoms. The highest BCUT2D eigenvalue weighted by Gasteiger charge is 2.12. The number of hydrogen-bond acceptors (Lipinski definition) is 2. The van der Waals surface area contributed by atoms with Gasteiger partial charge in [0.1, 0.15) is 5.82 Å². The average Bonchev–Trinajstić information content (AvgIpc) is 2.75. The maximum absolute atomic E-state index is 13.1. The highest BCUT2D eigenvalue weighted by atomic mass is 35.5. The van der Waals surface area contributed by atoms with Crippen molar-refractivity contribution in [1.82, 2.24) is 9.97 Å². The molecular formula is C13H8ClF2N3. The zero-order valence-electron chi connectivity index (χ0n) is 9.55. The molecule has 3 nitrogen and oxygen atoms in total. The Labute approximate surface area is 112 Å². The van der Waals surface area contributed by atoms with Gasteiger partial charge in [0.25, 0.3) is 0 Å². The third-order valence-electron chi connectivity index (χ3n) is 2.77. The standard InChI is InChI=1S/C13H8ClF2N3/c14-8-2-1-6(17)3-7(8)13-18-11-4-9(15)10(16)5-12(11)19-13/h1-5H,17H2,(H,18,19). The van der Waals surface area contributed by atoms with Gasteiger partial charge in [-0.2, -0.15) is 0 Å². The molecule has 3 aromatic rings. The van der Waals surface area contributed by atoms with Crippen molar-refractivity contribution < 1.29 is 8.78 Å². The molecule has 2 aromatic carbocycles. The van der Waals surface area contributed by atoms with Gasteiger partial charge in [-0.25, -0.2) is 13.8 Å². The SMILES string of the molecule is Nc1ccc(Cl)c(-c2nc3cc(F)c(F)cc3[nH]2)c1. The fourth-order valence-corrected chi connectivity index (χ4v) is 2.06. The molecule has 0 spiro atoms. The van der Waals surface area contributed by atoms with Gasteiger partial charge in [0.15, 0.2) is 11.6 Å². The van der Waals surface area contributed by atoms with E-state index >= 15 is 0 Å². The van der Waals surface area contributed by atoms with E-state index < -0.39 is 11.6 Å². The van der Waals surface area contributed by atoms with Crippen LogP contribution in [0.25, 0.3) is 22.4 Å². The quantitative estimate of drug-likeness (QED) is 0.667. The highest BCUT2D eigenvalue weighted by molar-refractivity contribution is 6.33. The van der Waals surface area contributed by atoms with E-state index in [1.807, 2.05) is 0 Å². The maximum Gasteiger partial charge on any atom is 0.161 e. The van der Waals surface area contributed by atoms with Crippen LogP contribution in [0.2, 0.25) is 5.02 Å². The predicted molar refractivity (Wildman–Crippen MR) is 70.9 cm³/mol. The lowest BCUT2D eigenvalue weighted by molar-refractivity contribution is 0.510.